The molecule has 0 spiro atoms. The molecule has 0 aliphatic heterocycles. The number of nitrogens with one attached hydrogen (secondary N) is 2. The van der Waals surface area contributed by atoms with Crippen LogP contribution in [0.1, 0.15) is 39.0 Å². The molecule has 2 amide bonds. The SMILES string of the molecule is COCCCNC(=O)C(=O)NC1CCC(C)CC1. The molecule has 0 unspecified atom stereocenters. The van der Waals surface area contributed by atoms with Gasteiger partial charge in [0.15, 0.2) is 0 Å². The van der Waals surface area contributed by atoms with Gasteiger partial charge in [0.2, 0.25) is 0 Å². The lowest BCUT2D eigenvalue weighted by Gasteiger charge is -2.26. The van der Waals surface area contributed by atoms with E-state index in [0.29, 0.717) is 13.2 Å². The molecule has 0 heterocycles. The monoisotopic (exact) mass is 256 g/mol. The van der Waals surface area contributed by atoms with Crippen LogP contribution in [-0.4, -0.2) is 38.1 Å². The highest BCUT2D eigenvalue weighted by atomic mass is 16.5. The number of carbonyl (C=O) groups is 2. The van der Waals surface area contributed by atoms with E-state index in [1.54, 1.807) is 7.11 Å². The van der Waals surface area contributed by atoms with Gasteiger partial charge in [0.25, 0.3) is 0 Å². The summed E-state index contributed by atoms with van der Waals surface area (Å²) < 4.78 is 4.86. The van der Waals surface area contributed by atoms with Crippen LogP contribution in [-0.2, 0) is 14.3 Å². The second kappa shape index (κ2) is 8.08. The van der Waals surface area contributed by atoms with Gasteiger partial charge < -0.3 is 15.4 Å². The molecule has 0 bridgehead atoms. The van der Waals surface area contributed by atoms with Crippen LogP contribution in [0.5, 0.6) is 0 Å². The van der Waals surface area contributed by atoms with Crippen LogP contribution in [0.4, 0.5) is 0 Å². The minimum atomic E-state index is -0.537. The maximum Gasteiger partial charge on any atom is 0.309 e. The third-order valence-corrected chi connectivity index (χ3v) is 3.37. The molecule has 0 atom stereocenters. The Morgan fingerprint density at radius 3 is 2.44 bits per heavy atom. The normalized spacial score (nSPS) is 23.4. The molecule has 104 valence electrons. The third-order valence-electron chi connectivity index (χ3n) is 3.37. The molecule has 0 aromatic rings. The largest absolute Gasteiger partial charge is 0.385 e. The van der Waals surface area contributed by atoms with Crippen molar-refractivity contribution in [3.63, 3.8) is 0 Å². The number of hydrogen-bond donors (Lipinski definition) is 2. The first-order chi connectivity index (χ1) is 8.63. The standard InChI is InChI=1S/C13H24N2O3/c1-10-4-6-11(7-5-10)15-13(17)12(16)14-8-3-9-18-2/h10-11H,3-9H2,1-2H3,(H,14,16)(H,15,17). The summed E-state index contributed by atoms with van der Waals surface area (Å²) in [6, 6.07) is 0.165. The molecule has 18 heavy (non-hydrogen) atoms. The van der Waals surface area contributed by atoms with E-state index < -0.39 is 11.8 Å². The van der Waals surface area contributed by atoms with E-state index in [9.17, 15) is 9.59 Å². The summed E-state index contributed by atoms with van der Waals surface area (Å²) in [6.45, 7) is 3.28. The Hall–Kier alpha value is -1.10. The van der Waals surface area contributed by atoms with E-state index in [2.05, 4.69) is 17.6 Å². The lowest BCUT2D eigenvalue weighted by Crippen LogP contribution is -2.45. The van der Waals surface area contributed by atoms with Gasteiger partial charge in [0, 0.05) is 26.3 Å². The molecule has 1 fully saturated rings. The quantitative estimate of drug-likeness (QED) is 0.565. The van der Waals surface area contributed by atoms with Gasteiger partial charge in [0.1, 0.15) is 0 Å². The van der Waals surface area contributed by atoms with Crippen molar-refractivity contribution < 1.29 is 14.3 Å². The number of methoxy groups -OCH3 is 1. The van der Waals surface area contributed by atoms with Gasteiger partial charge in [0.05, 0.1) is 0 Å². The highest BCUT2D eigenvalue weighted by Gasteiger charge is 2.22. The summed E-state index contributed by atoms with van der Waals surface area (Å²) in [5.74, 6) is -0.308. The molecule has 5 heteroatoms. The van der Waals surface area contributed by atoms with Crippen molar-refractivity contribution in [2.24, 2.45) is 5.92 Å². The van der Waals surface area contributed by atoms with E-state index in [-0.39, 0.29) is 6.04 Å². The van der Waals surface area contributed by atoms with Gasteiger partial charge in [-0.1, -0.05) is 6.92 Å². The summed E-state index contributed by atoms with van der Waals surface area (Å²) in [5, 5.41) is 5.38. The van der Waals surface area contributed by atoms with Crippen molar-refractivity contribution in [2.75, 3.05) is 20.3 Å². The second-order valence-electron chi connectivity index (χ2n) is 5.03. The van der Waals surface area contributed by atoms with Crippen molar-refractivity contribution in [1.29, 1.82) is 0 Å². The maximum atomic E-state index is 11.6. The fourth-order valence-electron chi connectivity index (χ4n) is 2.15. The Kier molecular flexibility index (Phi) is 6.72. The molecule has 2 N–H and O–H groups in total. The third kappa shape index (κ3) is 5.49. The lowest BCUT2D eigenvalue weighted by molar-refractivity contribution is -0.139. The first kappa shape index (κ1) is 15.0. The van der Waals surface area contributed by atoms with Crippen LogP contribution in [0, 0.1) is 5.92 Å². The van der Waals surface area contributed by atoms with E-state index in [4.69, 9.17) is 4.74 Å². The topological polar surface area (TPSA) is 67.4 Å². The number of amides is 2. The molecule has 5 nitrogen and oxygen atoms in total. The average Bonchev–Trinajstić information content (AvgIpc) is 2.37. The molecule has 1 rings (SSSR count). The van der Waals surface area contributed by atoms with E-state index in [1.807, 2.05) is 0 Å². The number of hydrogen-bond acceptors (Lipinski definition) is 3. The van der Waals surface area contributed by atoms with Crippen molar-refractivity contribution in [1.82, 2.24) is 10.6 Å². The Bertz CT molecular complexity index is 273. The van der Waals surface area contributed by atoms with Gasteiger partial charge in [-0.05, 0) is 38.0 Å². The zero-order valence-corrected chi connectivity index (χ0v) is 11.3. The molecule has 0 aromatic carbocycles. The maximum absolute atomic E-state index is 11.6. The van der Waals surface area contributed by atoms with Gasteiger partial charge in [-0.25, -0.2) is 0 Å². The zero-order valence-electron chi connectivity index (χ0n) is 11.3. The molecule has 1 aliphatic rings. The molecule has 0 radical (unpaired) electrons. The van der Waals surface area contributed by atoms with Crippen LogP contribution in [0.15, 0.2) is 0 Å². The summed E-state index contributed by atoms with van der Waals surface area (Å²) in [6.07, 6.45) is 4.92. The van der Waals surface area contributed by atoms with Gasteiger partial charge in [-0.2, -0.15) is 0 Å². The fourth-order valence-corrected chi connectivity index (χ4v) is 2.15. The molecular formula is C13H24N2O3. The molecular weight excluding hydrogens is 232 g/mol. The minimum Gasteiger partial charge on any atom is -0.385 e. The Morgan fingerprint density at radius 1 is 1.17 bits per heavy atom. The average molecular weight is 256 g/mol. The summed E-state index contributed by atoms with van der Waals surface area (Å²) >= 11 is 0. The van der Waals surface area contributed by atoms with Crippen LogP contribution < -0.4 is 10.6 Å². The van der Waals surface area contributed by atoms with Crippen LogP contribution >= 0.6 is 0 Å². The Labute approximate surface area is 109 Å². The number of rotatable bonds is 5. The molecule has 0 aromatic heterocycles. The predicted octanol–water partition coefficient (Wildman–Crippen LogP) is 0.834. The van der Waals surface area contributed by atoms with Crippen molar-refractivity contribution in [3.8, 4) is 0 Å². The molecule has 0 saturated heterocycles. The number of carbonyl (C=O) groups excluding carboxylic acids is 2. The van der Waals surface area contributed by atoms with Crippen LogP contribution in [0.2, 0.25) is 0 Å². The Morgan fingerprint density at radius 2 is 1.83 bits per heavy atom. The predicted molar refractivity (Wildman–Crippen MR) is 69.1 cm³/mol. The fraction of sp³-hybridized carbons (Fsp3) is 0.846. The van der Waals surface area contributed by atoms with E-state index in [0.717, 1.165) is 38.0 Å². The smallest absolute Gasteiger partial charge is 0.309 e. The van der Waals surface area contributed by atoms with E-state index >= 15 is 0 Å². The summed E-state index contributed by atoms with van der Waals surface area (Å²) in [4.78, 5) is 23.1. The van der Waals surface area contributed by atoms with Crippen LogP contribution in [0.25, 0.3) is 0 Å². The zero-order chi connectivity index (χ0) is 13.4. The highest BCUT2D eigenvalue weighted by molar-refractivity contribution is 6.35. The van der Waals surface area contributed by atoms with Crippen molar-refractivity contribution in [2.45, 2.75) is 45.1 Å². The summed E-state index contributed by atoms with van der Waals surface area (Å²) in [5.41, 5.74) is 0. The van der Waals surface area contributed by atoms with Gasteiger partial charge in [-0.3, -0.25) is 9.59 Å². The molecule has 1 saturated carbocycles. The van der Waals surface area contributed by atoms with Crippen molar-refractivity contribution in [3.05, 3.63) is 0 Å². The van der Waals surface area contributed by atoms with Crippen molar-refractivity contribution >= 4 is 11.8 Å². The van der Waals surface area contributed by atoms with E-state index in [1.165, 1.54) is 0 Å². The minimum absolute atomic E-state index is 0.165. The lowest BCUT2D eigenvalue weighted by atomic mass is 9.87. The van der Waals surface area contributed by atoms with Gasteiger partial charge in [-0.15, -0.1) is 0 Å². The highest BCUT2D eigenvalue weighted by Crippen LogP contribution is 2.23. The first-order valence-corrected chi connectivity index (χ1v) is 6.71. The van der Waals surface area contributed by atoms with Crippen LogP contribution in [0.3, 0.4) is 0 Å². The second-order valence-corrected chi connectivity index (χ2v) is 5.03. The number of ether oxygens (including phenoxy) is 1. The Balaban J connectivity index is 2.17. The first-order valence-electron chi connectivity index (χ1n) is 6.71. The van der Waals surface area contributed by atoms with Gasteiger partial charge >= 0.3 is 11.8 Å². The molecule has 1 aliphatic carbocycles. The summed E-state index contributed by atoms with van der Waals surface area (Å²) in [7, 11) is 1.61.